The van der Waals surface area contributed by atoms with Crippen LogP contribution in [0.5, 0.6) is 0 Å². The van der Waals surface area contributed by atoms with E-state index in [0.29, 0.717) is 12.1 Å². The van der Waals surface area contributed by atoms with Gasteiger partial charge in [0.15, 0.2) is 0 Å². The Labute approximate surface area is 114 Å². The molecule has 1 aliphatic heterocycles. The molecule has 1 saturated heterocycles. The van der Waals surface area contributed by atoms with Crippen molar-refractivity contribution in [1.82, 2.24) is 14.9 Å². The molecule has 2 aliphatic rings. The summed E-state index contributed by atoms with van der Waals surface area (Å²) in [6, 6.07) is 0.519. The molecule has 106 valence electrons. The summed E-state index contributed by atoms with van der Waals surface area (Å²) < 4.78 is 8.01. The fraction of sp³-hybridized carbons (Fsp3) is 0.786. The Morgan fingerprint density at radius 1 is 1.42 bits per heavy atom. The molecule has 0 spiro atoms. The summed E-state index contributed by atoms with van der Waals surface area (Å²) in [5, 5.41) is 3.66. The molecule has 0 radical (unpaired) electrons. The highest BCUT2D eigenvalue weighted by atomic mass is 16.5. The van der Waals surface area contributed by atoms with Crippen LogP contribution in [-0.4, -0.2) is 42.4 Å². The predicted molar refractivity (Wildman–Crippen MR) is 75.2 cm³/mol. The molecule has 2 fully saturated rings. The van der Waals surface area contributed by atoms with Gasteiger partial charge in [-0.05, 0) is 25.2 Å². The van der Waals surface area contributed by atoms with Gasteiger partial charge in [0, 0.05) is 40.3 Å². The SMILES string of the molecule is CN(C)c1ncc(CNC2CCOC2C2CC2)n1C. The number of nitrogens with zero attached hydrogens (tertiary/aromatic N) is 3. The molecule has 1 N–H and O–H groups in total. The zero-order valence-corrected chi connectivity index (χ0v) is 12.1. The highest BCUT2D eigenvalue weighted by Gasteiger charge is 2.40. The molecule has 1 saturated carbocycles. The van der Waals surface area contributed by atoms with Crippen molar-refractivity contribution in [2.24, 2.45) is 13.0 Å². The molecule has 5 nitrogen and oxygen atoms in total. The van der Waals surface area contributed by atoms with Gasteiger partial charge in [-0.3, -0.25) is 0 Å². The second-order valence-corrected chi connectivity index (χ2v) is 5.95. The second kappa shape index (κ2) is 5.13. The summed E-state index contributed by atoms with van der Waals surface area (Å²) in [5.41, 5.74) is 1.23. The maximum absolute atomic E-state index is 5.86. The molecular weight excluding hydrogens is 240 g/mol. The van der Waals surface area contributed by atoms with Crippen molar-refractivity contribution in [2.45, 2.75) is 38.0 Å². The van der Waals surface area contributed by atoms with Crippen LogP contribution in [0.3, 0.4) is 0 Å². The van der Waals surface area contributed by atoms with Crippen molar-refractivity contribution < 1.29 is 4.74 Å². The van der Waals surface area contributed by atoms with Gasteiger partial charge in [0.05, 0.1) is 18.0 Å². The van der Waals surface area contributed by atoms with E-state index in [9.17, 15) is 0 Å². The summed E-state index contributed by atoms with van der Waals surface area (Å²) >= 11 is 0. The van der Waals surface area contributed by atoms with Gasteiger partial charge in [0.25, 0.3) is 0 Å². The molecule has 3 rings (SSSR count). The van der Waals surface area contributed by atoms with E-state index in [1.807, 2.05) is 25.2 Å². The van der Waals surface area contributed by atoms with E-state index in [-0.39, 0.29) is 0 Å². The molecule has 1 aliphatic carbocycles. The molecule has 1 aromatic heterocycles. The summed E-state index contributed by atoms with van der Waals surface area (Å²) in [6.45, 7) is 1.78. The molecular formula is C14H24N4O. The van der Waals surface area contributed by atoms with E-state index < -0.39 is 0 Å². The zero-order valence-electron chi connectivity index (χ0n) is 12.1. The van der Waals surface area contributed by atoms with Crippen LogP contribution in [0.25, 0.3) is 0 Å². The maximum atomic E-state index is 5.86. The van der Waals surface area contributed by atoms with E-state index in [2.05, 4.69) is 21.9 Å². The van der Waals surface area contributed by atoms with Crippen LogP contribution >= 0.6 is 0 Å². The average Bonchev–Trinajstić information content (AvgIpc) is 2.99. The lowest BCUT2D eigenvalue weighted by Crippen LogP contribution is -2.37. The van der Waals surface area contributed by atoms with E-state index in [4.69, 9.17) is 4.74 Å². The number of ether oxygens (including phenoxy) is 1. The van der Waals surface area contributed by atoms with Gasteiger partial charge in [0.2, 0.25) is 5.95 Å². The highest BCUT2D eigenvalue weighted by Crippen LogP contribution is 2.38. The third-order valence-corrected chi connectivity index (χ3v) is 4.23. The van der Waals surface area contributed by atoms with E-state index in [1.165, 1.54) is 18.5 Å². The third kappa shape index (κ3) is 2.62. The van der Waals surface area contributed by atoms with Crippen LogP contribution in [0.2, 0.25) is 0 Å². The number of imidazole rings is 1. The van der Waals surface area contributed by atoms with Gasteiger partial charge in [0.1, 0.15) is 0 Å². The summed E-state index contributed by atoms with van der Waals surface area (Å²) in [4.78, 5) is 6.48. The van der Waals surface area contributed by atoms with Crippen LogP contribution in [0, 0.1) is 5.92 Å². The first-order valence-corrected chi connectivity index (χ1v) is 7.19. The molecule has 19 heavy (non-hydrogen) atoms. The topological polar surface area (TPSA) is 42.3 Å². The van der Waals surface area contributed by atoms with Crippen LogP contribution in [0.4, 0.5) is 5.95 Å². The van der Waals surface area contributed by atoms with E-state index in [0.717, 1.165) is 31.4 Å². The van der Waals surface area contributed by atoms with Gasteiger partial charge in [-0.2, -0.15) is 0 Å². The van der Waals surface area contributed by atoms with Crippen molar-refractivity contribution >= 4 is 5.95 Å². The maximum Gasteiger partial charge on any atom is 0.204 e. The molecule has 0 aromatic carbocycles. The summed E-state index contributed by atoms with van der Waals surface area (Å²) in [7, 11) is 6.11. The minimum absolute atomic E-state index is 0.446. The molecule has 0 bridgehead atoms. The Bertz CT molecular complexity index is 439. The Hall–Kier alpha value is -1.07. The highest BCUT2D eigenvalue weighted by molar-refractivity contribution is 5.30. The van der Waals surface area contributed by atoms with Crippen molar-refractivity contribution in [3.63, 3.8) is 0 Å². The Morgan fingerprint density at radius 3 is 2.84 bits per heavy atom. The molecule has 5 heteroatoms. The Kier molecular flexibility index (Phi) is 3.50. The van der Waals surface area contributed by atoms with Crippen LogP contribution in [-0.2, 0) is 18.3 Å². The number of anilines is 1. The van der Waals surface area contributed by atoms with Gasteiger partial charge in [-0.1, -0.05) is 0 Å². The van der Waals surface area contributed by atoms with Crippen LogP contribution in [0.1, 0.15) is 25.0 Å². The quantitative estimate of drug-likeness (QED) is 0.866. The number of hydrogen-bond acceptors (Lipinski definition) is 4. The van der Waals surface area contributed by atoms with Crippen molar-refractivity contribution in [1.29, 1.82) is 0 Å². The lowest BCUT2D eigenvalue weighted by molar-refractivity contribution is 0.0808. The molecule has 2 atom stereocenters. The number of aromatic nitrogens is 2. The first-order chi connectivity index (χ1) is 9.16. The lowest BCUT2D eigenvalue weighted by atomic mass is 10.1. The zero-order chi connectivity index (χ0) is 13.4. The number of hydrogen-bond donors (Lipinski definition) is 1. The monoisotopic (exact) mass is 264 g/mol. The fourth-order valence-electron chi connectivity index (χ4n) is 2.97. The van der Waals surface area contributed by atoms with Crippen molar-refractivity contribution in [3.8, 4) is 0 Å². The van der Waals surface area contributed by atoms with Gasteiger partial charge in [-0.15, -0.1) is 0 Å². The van der Waals surface area contributed by atoms with E-state index in [1.54, 1.807) is 0 Å². The first-order valence-electron chi connectivity index (χ1n) is 7.19. The average molecular weight is 264 g/mol. The summed E-state index contributed by atoms with van der Waals surface area (Å²) in [6.07, 6.45) is 6.24. The molecule has 1 aromatic rings. The Balaban J connectivity index is 1.59. The smallest absolute Gasteiger partial charge is 0.204 e. The number of nitrogens with one attached hydrogen (secondary N) is 1. The molecule has 0 amide bonds. The van der Waals surface area contributed by atoms with E-state index >= 15 is 0 Å². The predicted octanol–water partition coefficient (Wildman–Crippen LogP) is 1.14. The van der Waals surface area contributed by atoms with Crippen molar-refractivity contribution in [3.05, 3.63) is 11.9 Å². The van der Waals surface area contributed by atoms with Crippen LogP contribution < -0.4 is 10.2 Å². The minimum Gasteiger partial charge on any atom is -0.376 e. The summed E-state index contributed by atoms with van der Waals surface area (Å²) in [5.74, 6) is 1.81. The third-order valence-electron chi connectivity index (χ3n) is 4.23. The number of rotatable bonds is 5. The normalized spacial score (nSPS) is 26.9. The Morgan fingerprint density at radius 2 is 2.21 bits per heavy atom. The minimum atomic E-state index is 0.446. The van der Waals surface area contributed by atoms with Crippen LogP contribution in [0.15, 0.2) is 6.20 Å². The molecule has 2 unspecified atom stereocenters. The lowest BCUT2D eigenvalue weighted by Gasteiger charge is -2.20. The first kappa shape index (κ1) is 12.9. The largest absolute Gasteiger partial charge is 0.376 e. The fourth-order valence-corrected chi connectivity index (χ4v) is 2.97. The standard InChI is InChI=1S/C14H24N4O/c1-17(2)14-16-9-11(18(14)3)8-15-12-6-7-19-13(12)10-4-5-10/h9-10,12-13,15H,4-8H2,1-3H3. The van der Waals surface area contributed by atoms with Crippen molar-refractivity contribution in [2.75, 3.05) is 25.6 Å². The van der Waals surface area contributed by atoms with Gasteiger partial charge < -0.3 is 19.5 Å². The molecule has 2 heterocycles. The van der Waals surface area contributed by atoms with Gasteiger partial charge in [-0.25, -0.2) is 4.98 Å². The second-order valence-electron chi connectivity index (χ2n) is 5.95. The van der Waals surface area contributed by atoms with Gasteiger partial charge >= 0.3 is 0 Å².